The second-order valence-electron chi connectivity index (χ2n) is 4.71. The maximum Gasteiger partial charge on any atom is 0.170 e. The van der Waals surface area contributed by atoms with Gasteiger partial charge < -0.3 is 16.3 Å². The van der Waals surface area contributed by atoms with Crippen molar-refractivity contribution in [2.24, 2.45) is 16.8 Å². The molecular weight excluding hydrogens is 233 g/mol. The summed E-state index contributed by atoms with van der Waals surface area (Å²) < 4.78 is 13.8. The Labute approximate surface area is 107 Å². The van der Waals surface area contributed by atoms with E-state index < -0.39 is 0 Å². The van der Waals surface area contributed by atoms with Gasteiger partial charge in [0, 0.05) is 23.7 Å². The molecule has 0 fully saturated rings. The van der Waals surface area contributed by atoms with Crippen LogP contribution in [0.1, 0.15) is 31.9 Å². The van der Waals surface area contributed by atoms with Crippen molar-refractivity contribution in [1.29, 1.82) is 0 Å². The quantitative estimate of drug-likeness (QED) is 0.325. The van der Waals surface area contributed by atoms with Crippen LogP contribution in [0.25, 0.3) is 0 Å². The van der Waals surface area contributed by atoms with Crippen molar-refractivity contribution in [3.05, 3.63) is 35.1 Å². The summed E-state index contributed by atoms with van der Waals surface area (Å²) in [4.78, 5) is 0. The molecule has 18 heavy (non-hydrogen) atoms. The minimum Gasteiger partial charge on any atom is -0.409 e. The maximum atomic E-state index is 13.8. The predicted molar refractivity (Wildman–Crippen MR) is 70.1 cm³/mol. The zero-order chi connectivity index (χ0) is 13.7. The number of nitrogens with two attached hydrogens (primary N) is 1. The van der Waals surface area contributed by atoms with Crippen molar-refractivity contribution in [2.45, 2.75) is 33.4 Å². The van der Waals surface area contributed by atoms with Gasteiger partial charge in [-0.1, -0.05) is 31.1 Å². The fraction of sp³-hybridized carbons (Fsp3) is 0.462. The molecule has 1 unspecified atom stereocenters. The Kier molecular flexibility index (Phi) is 5.09. The third-order valence-electron chi connectivity index (χ3n) is 3.07. The lowest BCUT2D eigenvalue weighted by atomic mass is 10.1. The van der Waals surface area contributed by atoms with Gasteiger partial charge in [-0.05, 0) is 18.9 Å². The van der Waals surface area contributed by atoms with Crippen molar-refractivity contribution in [1.82, 2.24) is 5.32 Å². The number of oxime groups is 1. The molecule has 0 aliphatic rings. The summed E-state index contributed by atoms with van der Waals surface area (Å²) >= 11 is 0. The average molecular weight is 253 g/mol. The van der Waals surface area contributed by atoms with E-state index in [4.69, 9.17) is 10.9 Å². The Morgan fingerprint density at radius 3 is 2.61 bits per heavy atom. The fourth-order valence-electron chi connectivity index (χ4n) is 1.41. The molecular formula is C13H20FN3O. The highest BCUT2D eigenvalue weighted by atomic mass is 19.1. The molecule has 0 aromatic heterocycles. The molecule has 0 heterocycles. The van der Waals surface area contributed by atoms with Gasteiger partial charge in [0.15, 0.2) is 5.84 Å². The molecule has 0 radical (unpaired) electrons. The molecule has 0 saturated heterocycles. The van der Waals surface area contributed by atoms with Crippen molar-refractivity contribution in [2.75, 3.05) is 0 Å². The summed E-state index contributed by atoms with van der Waals surface area (Å²) in [5, 5.41) is 14.6. The van der Waals surface area contributed by atoms with E-state index in [1.165, 1.54) is 6.07 Å². The number of halogens is 1. The van der Waals surface area contributed by atoms with Gasteiger partial charge >= 0.3 is 0 Å². The van der Waals surface area contributed by atoms with Gasteiger partial charge in [-0.2, -0.15) is 0 Å². The van der Waals surface area contributed by atoms with Crippen LogP contribution in [0.15, 0.2) is 23.4 Å². The van der Waals surface area contributed by atoms with Crippen LogP contribution in [-0.2, 0) is 6.54 Å². The topological polar surface area (TPSA) is 70.6 Å². The van der Waals surface area contributed by atoms with Crippen LogP contribution in [0.5, 0.6) is 0 Å². The molecule has 0 aliphatic carbocycles. The number of nitrogens with one attached hydrogen (secondary N) is 1. The first-order valence-corrected chi connectivity index (χ1v) is 5.95. The zero-order valence-electron chi connectivity index (χ0n) is 10.9. The summed E-state index contributed by atoms with van der Waals surface area (Å²) in [7, 11) is 0. The number of benzene rings is 1. The van der Waals surface area contributed by atoms with Crippen molar-refractivity contribution in [3.8, 4) is 0 Å². The second kappa shape index (κ2) is 6.35. The average Bonchev–Trinajstić information content (AvgIpc) is 2.35. The molecule has 0 saturated carbocycles. The zero-order valence-corrected chi connectivity index (χ0v) is 10.9. The van der Waals surface area contributed by atoms with Gasteiger partial charge in [0.25, 0.3) is 0 Å². The van der Waals surface area contributed by atoms with Crippen LogP contribution in [0.3, 0.4) is 0 Å². The Balaban J connectivity index is 2.74. The molecule has 1 aromatic carbocycles. The lowest BCUT2D eigenvalue weighted by Gasteiger charge is -2.17. The molecule has 1 aromatic rings. The Bertz CT molecular complexity index is 432. The SMILES string of the molecule is CC(C)C(C)NCc1ccc(C(N)=NO)cc1F. The number of rotatable bonds is 5. The maximum absolute atomic E-state index is 13.8. The normalized spacial score (nSPS) is 13.9. The minimum absolute atomic E-state index is 0.0936. The molecule has 4 nitrogen and oxygen atoms in total. The summed E-state index contributed by atoms with van der Waals surface area (Å²) in [5.41, 5.74) is 6.33. The second-order valence-corrected chi connectivity index (χ2v) is 4.71. The molecule has 0 spiro atoms. The van der Waals surface area contributed by atoms with E-state index in [0.717, 1.165) is 0 Å². The molecule has 0 bridgehead atoms. The van der Waals surface area contributed by atoms with Gasteiger partial charge in [-0.25, -0.2) is 4.39 Å². The van der Waals surface area contributed by atoms with Crippen LogP contribution >= 0.6 is 0 Å². The summed E-state index contributed by atoms with van der Waals surface area (Å²) in [6.07, 6.45) is 0. The van der Waals surface area contributed by atoms with E-state index in [-0.39, 0.29) is 11.7 Å². The molecule has 1 rings (SSSR count). The lowest BCUT2D eigenvalue weighted by Crippen LogP contribution is -2.30. The van der Waals surface area contributed by atoms with Crippen LogP contribution in [0.4, 0.5) is 4.39 Å². The van der Waals surface area contributed by atoms with Crippen molar-refractivity contribution >= 4 is 5.84 Å². The molecule has 4 N–H and O–H groups in total. The van der Waals surface area contributed by atoms with E-state index in [0.29, 0.717) is 29.6 Å². The summed E-state index contributed by atoms with van der Waals surface area (Å²) in [6.45, 7) is 6.74. The summed E-state index contributed by atoms with van der Waals surface area (Å²) in [6, 6.07) is 4.86. The predicted octanol–water partition coefficient (Wildman–Crippen LogP) is 2.05. The fourth-order valence-corrected chi connectivity index (χ4v) is 1.41. The van der Waals surface area contributed by atoms with Crippen LogP contribution in [0, 0.1) is 11.7 Å². The first-order valence-electron chi connectivity index (χ1n) is 5.95. The smallest absolute Gasteiger partial charge is 0.170 e. The van der Waals surface area contributed by atoms with Crippen molar-refractivity contribution in [3.63, 3.8) is 0 Å². The first kappa shape index (κ1) is 14.4. The van der Waals surface area contributed by atoms with Crippen molar-refractivity contribution < 1.29 is 9.60 Å². The van der Waals surface area contributed by atoms with E-state index in [2.05, 4.69) is 31.2 Å². The molecule has 5 heteroatoms. The monoisotopic (exact) mass is 253 g/mol. The minimum atomic E-state index is -0.359. The van der Waals surface area contributed by atoms with Gasteiger partial charge in [0.1, 0.15) is 5.82 Å². The third-order valence-corrected chi connectivity index (χ3v) is 3.07. The highest BCUT2D eigenvalue weighted by Crippen LogP contribution is 2.11. The number of hydrogen-bond donors (Lipinski definition) is 3. The van der Waals surface area contributed by atoms with E-state index in [9.17, 15) is 4.39 Å². The van der Waals surface area contributed by atoms with Gasteiger partial charge in [-0.3, -0.25) is 0 Å². The highest BCUT2D eigenvalue weighted by molar-refractivity contribution is 5.97. The summed E-state index contributed by atoms with van der Waals surface area (Å²) in [5.74, 6) is 0.0380. The Morgan fingerprint density at radius 1 is 1.44 bits per heavy atom. The van der Waals surface area contributed by atoms with Crippen LogP contribution in [-0.4, -0.2) is 17.1 Å². The van der Waals surface area contributed by atoms with Crippen LogP contribution in [0.2, 0.25) is 0 Å². The van der Waals surface area contributed by atoms with Gasteiger partial charge in [0.05, 0.1) is 0 Å². The van der Waals surface area contributed by atoms with Crippen LogP contribution < -0.4 is 11.1 Å². The third kappa shape index (κ3) is 3.70. The molecule has 0 aliphatic heterocycles. The van der Waals surface area contributed by atoms with Gasteiger partial charge in [0.2, 0.25) is 0 Å². The molecule has 0 amide bonds. The van der Waals surface area contributed by atoms with Gasteiger partial charge in [-0.15, -0.1) is 0 Å². The Hall–Kier alpha value is -1.62. The lowest BCUT2D eigenvalue weighted by molar-refractivity contribution is 0.318. The number of hydrogen-bond acceptors (Lipinski definition) is 3. The number of amidine groups is 1. The molecule has 100 valence electrons. The highest BCUT2D eigenvalue weighted by Gasteiger charge is 2.09. The van der Waals surface area contributed by atoms with E-state index in [1.807, 2.05) is 0 Å². The number of nitrogens with zero attached hydrogens (tertiary/aromatic N) is 1. The Morgan fingerprint density at radius 2 is 2.11 bits per heavy atom. The standard InChI is InChI=1S/C13H20FN3O/c1-8(2)9(3)16-7-11-5-4-10(6-12(11)14)13(15)17-18/h4-6,8-9,16,18H,7H2,1-3H3,(H2,15,17). The first-order chi connectivity index (χ1) is 8.45. The van der Waals surface area contributed by atoms with E-state index >= 15 is 0 Å². The molecule has 1 atom stereocenters. The van der Waals surface area contributed by atoms with E-state index in [1.54, 1.807) is 12.1 Å². The largest absolute Gasteiger partial charge is 0.409 e.